The van der Waals surface area contributed by atoms with Crippen LogP contribution in [-0.4, -0.2) is 20.9 Å². The summed E-state index contributed by atoms with van der Waals surface area (Å²) in [6.07, 6.45) is 2.64. The van der Waals surface area contributed by atoms with Crippen LogP contribution in [0.3, 0.4) is 0 Å². The number of nitrogens with zero attached hydrogens (tertiary/aromatic N) is 2. The number of ether oxygens (including phenoxy) is 1. The van der Waals surface area contributed by atoms with Gasteiger partial charge in [0.2, 0.25) is 0 Å². The van der Waals surface area contributed by atoms with Crippen molar-refractivity contribution in [3.05, 3.63) is 48.0 Å². The second kappa shape index (κ2) is 6.38. The van der Waals surface area contributed by atoms with E-state index in [0.29, 0.717) is 18.7 Å². The fourth-order valence-electron chi connectivity index (χ4n) is 2.04. The monoisotopic (exact) mass is 260 g/mol. The van der Waals surface area contributed by atoms with Crippen molar-refractivity contribution >= 4 is 0 Å². The predicted octanol–water partition coefficient (Wildman–Crippen LogP) is 2.54. The number of aryl methyl sites for hydroxylation is 3. The molecule has 0 aliphatic heterocycles. The Bertz CT molecular complexity index is 508. The van der Waals surface area contributed by atoms with Crippen LogP contribution < -0.4 is 4.74 Å². The van der Waals surface area contributed by atoms with Crippen molar-refractivity contribution in [3.63, 3.8) is 0 Å². The Kier molecular flexibility index (Phi) is 4.58. The fraction of sp³-hybridized carbons (Fsp3) is 0.400. The van der Waals surface area contributed by atoms with Gasteiger partial charge in [-0.2, -0.15) is 0 Å². The molecule has 4 heteroatoms. The standard InChI is InChI=1S/C15H20N2O2/c1-3-14-16-12(2)11-17(14)10-9-15(18)19-13-7-5-4-6-8-13/h4-8,11,15,18H,3,9-10H2,1-2H3. The van der Waals surface area contributed by atoms with Crippen LogP contribution in [0, 0.1) is 6.92 Å². The Morgan fingerprint density at radius 1 is 1.32 bits per heavy atom. The zero-order valence-corrected chi connectivity index (χ0v) is 11.4. The first kappa shape index (κ1) is 13.6. The quantitative estimate of drug-likeness (QED) is 0.812. The molecule has 0 aliphatic rings. The summed E-state index contributed by atoms with van der Waals surface area (Å²) in [6.45, 7) is 4.76. The van der Waals surface area contributed by atoms with E-state index in [1.54, 1.807) is 0 Å². The van der Waals surface area contributed by atoms with Crippen molar-refractivity contribution in [2.45, 2.75) is 39.5 Å². The lowest BCUT2D eigenvalue weighted by atomic mass is 10.3. The highest BCUT2D eigenvalue weighted by Crippen LogP contribution is 2.12. The molecule has 102 valence electrons. The molecule has 1 unspecified atom stereocenters. The van der Waals surface area contributed by atoms with Crippen LogP contribution in [0.4, 0.5) is 0 Å². The minimum atomic E-state index is -0.796. The maximum Gasteiger partial charge on any atom is 0.199 e. The molecule has 0 aliphatic carbocycles. The van der Waals surface area contributed by atoms with Gasteiger partial charge in [-0.15, -0.1) is 0 Å². The molecule has 2 rings (SSSR count). The van der Waals surface area contributed by atoms with Gasteiger partial charge in [0.05, 0.1) is 5.69 Å². The number of hydrogen-bond acceptors (Lipinski definition) is 3. The number of aromatic nitrogens is 2. The second-order valence-corrected chi connectivity index (χ2v) is 4.52. The van der Waals surface area contributed by atoms with Gasteiger partial charge in [-0.3, -0.25) is 0 Å². The first-order chi connectivity index (χ1) is 9.19. The third kappa shape index (κ3) is 3.83. The van der Waals surface area contributed by atoms with Crippen molar-refractivity contribution in [1.82, 2.24) is 9.55 Å². The molecule has 0 bridgehead atoms. The Labute approximate surface area is 113 Å². The van der Waals surface area contributed by atoms with Gasteiger partial charge >= 0.3 is 0 Å². The second-order valence-electron chi connectivity index (χ2n) is 4.52. The Balaban J connectivity index is 1.88. The molecular formula is C15H20N2O2. The van der Waals surface area contributed by atoms with E-state index in [0.717, 1.165) is 17.9 Å². The molecule has 0 radical (unpaired) electrons. The van der Waals surface area contributed by atoms with E-state index in [1.807, 2.05) is 43.5 Å². The van der Waals surface area contributed by atoms with Gasteiger partial charge in [-0.1, -0.05) is 25.1 Å². The Hall–Kier alpha value is -1.81. The van der Waals surface area contributed by atoms with Gasteiger partial charge in [-0.25, -0.2) is 4.98 Å². The molecule has 1 aromatic carbocycles. The molecule has 0 saturated heterocycles. The van der Waals surface area contributed by atoms with Gasteiger partial charge in [0.15, 0.2) is 6.29 Å². The third-order valence-corrected chi connectivity index (χ3v) is 2.93. The third-order valence-electron chi connectivity index (χ3n) is 2.93. The number of benzene rings is 1. The lowest BCUT2D eigenvalue weighted by molar-refractivity contribution is -0.0259. The summed E-state index contributed by atoms with van der Waals surface area (Å²) in [6, 6.07) is 9.36. The fourth-order valence-corrected chi connectivity index (χ4v) is 2.04. The zero-order valence-electron chi connectivity index (χ0n) is 11.4. The normalized spacial score (nSPS) is 12.4. The largest absolute Gasteiger partial charge is 0.465 e. The van der Waals surface area contributed by atoms with Gasteiger partial charge in [-0.05, 0) is 19.1 Å². The van der Waals surface area contributed by atoms with E-state index in [2.05, 4.69) is 16.5 Å². The average Bonchev–Trinajstić information content (AvgIpc) is 2.78. The van der Waals surface area contributed by atoms with Gasteiger partial charge in [0.1, 0.15) is 11.6 Å². The lowest BCUT2D eigenvalue weighted by Crippen LogP contribution is -2.18. The van der Waals surface area contributed by atoms with Crippen LogP contribution in [0.1, 0.15) is 24.9 Å². The van der Waals surface area contributed by atoms with E-state index in [4.69, 9.17) is 4.74 Å². The summed E-state index contributed by atoms with van der Waals surface area (Å²) in [5.41, 5.74) is 1.01. The molecule has 0 amide bonds. The topological polar surface area (TPSA) is 47.3 Å². The number of aliphatic hydroxyl groups excluding tert-OH is 1. The summed E-state index contributed by atoms with van der Waals surface area (Å²) in [4.78, 5) is 4.43. The van der Waals surface area contributed by atoms with E-state index in [9.17, 15) is 5.11 Å². The Morgan fingerprint density at radius 2 is 2.05 bits per heavy atom. The number of rotatable bonds is 6. The van der Waals surface area contributed by atoms with E-state index in [-0.39, 0.29) is 0 Å². The van der Waals surface area contributed by atoms with Crippen molar-refractivity contribution in [2.75, 3.05) is 0 Å². The SMILES string of the molecule is CCc1nc(C)cn1CCC(O)Oc1ccccc1. The highest BCUT2D eigenvalue weighted by atomic mass is 16.6. The van der Waals surface area contributed by atoms with Crippen LogP contribution in [0.25, 0.3) is 0 Å². The first-order valence-electron chi connectivity index (χ1n) is 6.61. The zero-order chi connectivity index (χ0) is 13.7. The van der Waals surface area contributed by atoms with Crippen LogP contribution >= 0.6 is 0 Å². The molecule has 19 heavy (non-hydrogen) atoms. The highest BCUT2D eigenvalue weighted by Gasteiger charge is 2.08. The molecule has 1 aromatic heterocycles. The smallest absolute Gasteiger partial charge is 0.199 e. The Morgan fingerprint density at radius 3 is 2.74 bits per heavy atom. The molecular weight excluding hydrogens is 240 g/mol. The van der Waals surface area contributed by atoms with Crippen molar-refractivity contribution in [2.24, 2.45) is 0 Å². The molecule has 4 nitrogen and oxygen atoms in total. The summed E-state index contributed by atoms with van der Waals surface area (Å²) >= 11 is 0. The predicted molar refractivity (Wildman–Crippen MR) is 74.0 cm³/mol. The number of para-hydroxylation sites is 1. The highest BCUT2D eigenvalue weighted by molar-refractivity contribution is 5.20. The maximum atomic E-state index is 9.88. The number of imidazole rings is 1. The summed E-state index contributed by atoms with van der Waals surface area (Å²) in [7, 11) is 0. The lowest BCUT2D eigenvalue weighted by Gasteiger charge is -2.14. The molecule has 1 atom stereocenters. The van der Waals surface area contributed by atoms with Gasteiger partial charge in [0, 0.05) is 25.6 Å². The van der Waals surface area contributed by atoms with Gasteiger partial charge < -0.3 is 14.4 Å². The van der Waals surface area contributed by atoms with Gasteiger partial charge in [0.25, 0.3) is 0 Å². The molecule has 1 heterocycles. The van der Waals surface area contributed by atoms with Crippen molar-refractivity contribution < 1.29 is 9.84 Å². The van der Waals surface area contributed by atoms with Crippen molar-refractivity contribution in [1.29, 1.82) is 0 Å². The number of hydrogen-bond donors (Lipinski definition) is 1. The van der Waals surface area contributed by atoms with E-state index in [1.165, 1.54) is 0 Å². The van der Waals surface area contributed by atoms with Crippen LogP contribution in [0.5, 0.6) is 5.75 Å². The van der Waals surface area contributed by atoms with E-state index >= 15 is 0 Å². The summed E-state index contributed by atoms with van der Waals surface area (Å²) < 4.78 is 7.51. The van der Waals surface area contributed by atoms with Crippen LogP contribution in [0.2, 0.25) is 0 Å². The molecule has 0 saturated carbocycles. The summed E-state index contributed by atoms with van der Waals surface area (Å²) in [5.74, 6) is 1.73. The molecule has 0 fully saturated rings. The first-order valence-corrected chi connectivity index (χ1v) is 6.61. The van der Waals surface area contributed by atoms with Crippen LogP contribution in [0.15, 0.2) is 36.5 Å². The molecule has 1 N–H and O–H groups in total. The van der Waals surface area contributed by atoms with Crippen LogP contribution in [-0.2, 0) is 13.0 Å². The minimum absolute atomic E-state index is 0.539. The average molecular weight is 260 g/mol. The van der Waals surface area contributed by atoms with Crippen molar-refractivity contribution in [3.8, 4) is 5.75 Å². The number of aliphatic hydroxyl groups is 1. The maximum absolute atomic E-state index is 9.88. The minimum Gasteiger partial charge on any atom is -0.465 e. The molecule has 0 spiro atoms. The summed E-state index contributed by atoms with van der Waals surface area (Å²) in [5, 5.41) is 9.88. The molecule has 2 aromatic rings. The van der Waals surface area contributed by atoms with E-state index < -0.39 is 6.29 Å².